The number of anilines is 1. The molecule has 8 heteroatoms. The van der Waals surface area contributed by atoms with E-state index in [0.29, 0.717) is 30.1 Å². The predicted octanol–water partition coefficient (Wildman–Crippen LogP) is 2.83. The van der Waals surface area contributed by atoms with Gasteiger partial charge in [-0.05, 0) is 32.6 Å². The standard InChI is InChI=1S/C15H21ClN6O/c1-10-7-14(22(20-10)11(2)12-3-4-12)19-15(23)17-5-6-21-9-13(16)8-18-21/h7-9,11-12H,3-6H2,1-2H3,(H2,17,19,23)/t11-/m0/s1. The molecule has 0 aromatic carbocycles. The number of carbonyl (C=O) groups excluding carboxylic acids is 1. The van der Waals surface area contributed by atoms with E-state index >= 15 is 0 Å². The molecule has 7 nitrogen and oxygen atoms in total. The van der Waals surface area contributed by atoms with Gasteiger partial charge in [0.2, 0.25) is 0 Å². The van der Waals surface area contributed by atoms with E-state index in [1.54, 1.807) is 17.1 Å². The van der Waals surface area contributed by atoms with E-state index in [1.807, 2.05) is 17.7 Å². The van der Waals surface area contributed by atoms with Gasteiger partial charge in [0, 0.05) is 18.8 Å². The largest absolute Gasteiger partial charge is 0.336 e. The average Bonchev–Trinajstić information content (AvgIpc) is 3.18. The quantitative estimate of drug-likeness (QED) is 0.851. The molecule has 1 fully saturated rings. The van der Waals surface area contributed by atoms with E-state index < -0.39 is 0 Å². The summed E-state index contributed by atoms with van der Waals surface area (Å²) in [5, 5.41) is 14.8. The number of nitrogens with zero attached hydrogens (tertiary/aromatic N) is 4. The van der Waals surface area contributed by atoms with Crippen molar-refractivity contribution in [1.29, 1.82) is 0 Å². The number of rotatable bonds is 6. The summed E-state index contributed by atoms with van der Waals surface area (Å²) in [7, 11) is 0. The Morgan fingerprint density at radius 2 is 2.30 bits per heavy atom. The SMILES string of the molecule is Cc1cc(NC(=O)NCCn2cc(Cl)cn2)n([C@@H](C)C2CC2)n1. The van der Waals surface area contributed by atoms with Gasteiger partial charge in [0.15, 0.2) is 0 Å². The number of aryl methyl sites for hydroxylation is 1. The van der Waals surface area contributed by atoms with Gasteiger partial charge in [-0.3, -0.25) is 10.00 Å². The van der Waals surface area contributed by atoms with Gasteiger partial charge < -0.3 is 5.32 Å². The van der Waals surface area contributed by atoms with Crippen molar-refractivity contribution in [1.82, 2.24) is 24.9 Å². The van der Waals surface area contributed by atoms with E-state index in [9.17, 15) is 4.79 Å². The number of hydrogen-bond donors (Lipinski definition) is 2. The first-order chi connectivity index (χ1) is 11.0. The maximum Gasteiger partial charge on any atom is 0.320 e. The zero-order chi connectivity index (χ0) is 16.4. The van der Waals surface area contributed by atoms with Crippen LogP contribution in [-0.2, 0) is 6.54 Å². The highest BCUT2D eigenvalue weighted by Crippen LogP contribution is 2.40. The molecule has 0 radical (unpaired) electrons. The zero-order valence-electron chi connectivity index (χ0n) is 13.3. The second kappa shape index (κ2) is 6.62. The third-order valence-electron chi connectivity index (χ3n) is 4.02. The van der Waals surface area contributed by atoms with Crippen molar-refractivity contribution < 1.29 is 4.79 Å². The molecule has 1 aliphatic carbocycles. The first-order valence-electron chi connectivity index (χ1n) is 7.82. The van der Waals surface area contributed by atoms with Crippen LogP contribution in [0.15, 0.2) is 18.5 Å². The molecule has 2 aromatic rings. The number of carbonyl (C=O) groups is 1. The molecule has 1 saturated carbocycles. The van der Waals surface area contributed by atoms with Crippen LogP contribution in [0.1, 0.15) is 31.5 Å². The van der Waals surface area contributed by atoms with Crippen molar-refractivity contribution in [2.24, 2.45) is 5.92 Å². The van der Waals surface area contributed by atoms with Crippen LogP contribution >= 0.6 is 11.6 Å². The Bertz CT molecular complexity index is 690. The molecule has 3 rings (SSSR count). The fourth-order valence-electron chi connectivity index (χ4n) is 2.60. The number of urea groups is 1. The lowest BCUT2D eigenvalue weighted by molar-refractivity contribution is 0.251. The molecule has 2 aromatic heterocycles. The molecule has 2 amide bonds. The summed E-state index contributed by atoms with van der Waals surface area (Å²) in [6.45, 7) is 5.11. The van der Waals surface area contributed by atoms with Crippen molar-refractivity contribution in [2.75, 3.05) is 11.9 Å². The van der Waals surface area contributed by atoms with Crippen LogP contribution in [0.25, 0.3) is 0 Å². The van der Waals surface area contributed by atoms with Crippen LogP contribution in [0.4, 0.5) is 10.6 Å². The van der Waals surface area contributed by atoms with E-state index in [2.05, 4.69) is 27.8 Å². The van der Waals surface area contributed by atoms with Gasteiger partial charge in [0.1, 0.15) is 5.82 Å². The van der Waals surface area contributed by atoms with Crippen LogP contribution in [-0.4, -0.2) is 32.1 Å². The first-order valence-corrected chi connectivity index (χ1v) is 8.19. The molecule has 0 unspecified atom stereocenters. The van der Waals surface area contributed by atoms with Crippen molar-refractivity contribution in [2.45, 2.75) is 39.3 Å². The smallest absolute Gasteiger partial charge is 0.320 e. The molecule has 0 bridgehead atoms. The molecule has 0 saturated heterocycles. The highest BCUT2D eigenvalue weighted by atomic mass is 35.5. The Morgan fingerprint density at radius 3 is 2.96 bits per heavy atom. The van der Waals surface area contributed by atoms with Crippen molar-refractivity contribution >= 4 is 23.4 Å². The molecular formula is C15H21ClN6O. The van der Waals surface area contributed by atoms with Crippen molar-refractivity contribution in [3.05, 3.63) is 29.2 Å². The van der Waals surface area contributed by atoms with Gasteiger partial charge in [0.25, 0.3) is 0 Å². The molecular weight excluding hydrogens is 316 g/mol. The third-order valence-corrected chi connectivity index (χ3v) is 4.21. The van der Waals surface area contributed by atoms with Gasteiger partial charge in [-0.2, -0.15) is 10.2 Å². The molecule has 124 valence electrons. The van der Waals surface area contributed by atoms with Crippen LogP contribution in [0.2, 0.25) is 5.02 Å². The molecule has 0 aliphatic heterocycles. The minimum atomic E-state index is -0.243. The van der Waals surface area contributed by atoms with Gasteiger partial charge in [0.05, 0.1) is 29.5 Å². The van der Waals surface area contributed by atoms with Gasteiger partial charge in [-0.25, -0.2) is 9.48 Å². The Balaban J connectivity index is 1.53. The normalized spacial score (nSPS) is 15.4. The molecule has 2 N–H and O–H groups in total. The van der Waals surface area contributed by atoms with E-state index in [-0.39, 0.29) is 6.03 Å². The summed E-state index contributed by atoms with van der Waals surface area (Å²) in [6, 6.07) is 1.96. The average molecular weight is 337 g/mol. The number of nitrogens with one attached hydrogen (secondary N) is 2. The third kappa shape index (κ3) is 4.04. The van der Waals surface area contributed by atoms with Crippen LogP contribution in [0.5, 0.6) is 0 Å². The maximum atomic E-state index is 12.1. The summed E-state index contributed by atoms with van der Waals surface area (Å²) in [5.41, 5.74) is 0.902. The van der Waals surface area contributed by atoms with Gasteiger partial charge in [-0.15, -0.1) is 0 Å². The van der Waals surface area contributed by atoms with Gasteiger partial charge >= 0.3 is 6.03 Å². The van der Waals surface area contributed by atoms with Gasteiger partial charge in [-0.1, -0.05) is 11.6 Å². The highest BCUT2D eigenvalue weighted by Gasteiger charge is 2.31. The minimum absolute atomic E-state index is 0.243. The Morgan fingerprint density at radius 1 is 1.52 bits per heavy atom. The van der Waals surface area contributed by atoms with Crippen LogP contribution in [0, 0.1) is 12.8 Å². The first kappa shape index (κ1) is 15.9. The van der Waals surface area contributed by atoms with E-state index in [4.69, 9.17) is 11.6 Å². The Hall–Kier alpha value is -2.02. The molecule has 1 atom stereocenters. The molecule has 23 heavy (non-hydrogen) atoms. The van der Waals surface area contributed by atoms with E-state index in [0.717, 1.165) is 11.5 Å². The lowest BCUT2D eigenvalue weighted by Gasteiger charge is -2.15. The molecule has 1 aliphatic rings. The fourth-order valence-corrected chi connectivity index (χ4v) is 2.76. The minimum Gasteiger partial charge on any atom is -0.336 e. The Labute approximate surface area is 140 Å². The number of amides is 2. The topological polar surface area (TPSA) is 76.8 Å². The zero-order valence-corrected chi connectivity index (χ0v) is 14.0. The lowest BCUT2D eigenvalue weighted by atomic mass is 10.2. The van der Waals surface area contributed by atoms with Crippen molar-refractivity contribution in [3.8, 4) is 0 Å². The van der Waals surface area contributed by atoms with Crippen LogP contribution < -0.4 is 10.6 Å². The second-order valence-corrected chi connectivity index (χ2v) is 6.43. The fraction of sp³-hybridized carbons (Fsp3) is 0.533. The highest BCUT2D eigenvalue weighted by molar-refractivity contribution is 6.30. The lowest BCUT2D eigenvalue weighted by Crippen LogP contribution is -2.32. The summed E-state index contributed by atoms with van der Waals surface area (Å²) >= 11 is 5.80. The summed E-state index contributed by atoms with van der Waals surface area (Å²) in [6.07, 6.45) is 5.76. The van der Waals surface area contributed by atoms with E-state index in [1.165, 1.54) is 12.8 Å². The number of aromatic nitrogens is 4. The monoisotopic (exact) mass is 336 g/mol. The summed E-state index contributed by atoms with van der Waals surface area (Å²) in [4.78, 5) is 12.1. The summed E-state index contributed by atoms with van der Waals surface area (Å²) < 4.78 is 3.60. The predicted molar refractivity (Wildman–Crippen MR) is 88.7 cm³/mol. The van der Waals surface area contributed by atoms with Crippen molar-refractivity contribution in [3.63, 3.8) is 0 Å². The summed E-state index contributed by atoms with van der Waals surface area (Å²) in [5.74, 6) is 1.41. The number of hydrogen-bond acceptors (Lipinski definition) is 3. The molecule has 0 spiro atoms. The molecule has 2 heterocycles. The van der Waals surface area contributed by atoms with Crippen LogP contribution in [0.3, 0.4) is 0 Å². The number of halogens is 1. The Kier molecular flexibility index (Phi) is 4.56. The maximum absolute atomic E-state index is 12.1. The second-order valence-electron chi connectivity index (χ2n) is 6.00.